The minimum atomic E-state index is -0.00539. The normalized spacial score (nSPS) is 25.0. The molecule has 0 amide bonds. The Morgan fingerprint density at radius 3 is 2.53 bits per heavy atom. The molecule has 1 rings (SSSR count). The zero-order valence-corrected chi connectivity index (χ0v) is 11.2. The highest BCUT2D eigenvalue weighted by Gasteiger charge is 2.02. The number of hydrogen-bond acceptors (Lipinski definition) is 2. The summed E-state index contributed by atoms with van der Waals surface area (Å²) in [4.78, 5) is 11.3. The molecule has 0 N–H and O–H groups in total. The minimum absolute atomic E-state index is 0.00539. The summed E-state index contributed by atoms with van der Waals surface area (Å²) in [6, 6.07) is 0. The van der Waals surface area contributed by atoms with Gasteiger partial charge in [0.1, 0.15) is 0 Å². The molecule has 0 radical (unpaired) electrons. The first-order valence-electron chi connectivity index (χ1n) is 7.10. The fourth-order valence-electron chi connectivity index (χ4n) is 2.16. The summed E-state index contributed by atoms with van der Waals surface area (Å²) in [5.74, 6) is -0.00539. The molecule has 0 aliphatic carbocycles. The van der Waals surface area contributed by atoms with Gasteiger partial charge in [-0.1, -0.05) is 24.5 Å². The van der Waals surface area contributed by atoms with Crippen molar-refractivity contribution in [2.24, 2.45) is 0 Å². The largest absolute Gasteiger partial charge is 0.466 e. The Bertz CT molecular complexity index is 243. The molecule has 17 heavy (non-hydrogen) atoms. The van der Waals surface area contributed by atoms with Gasteiger partial charge in [0.2, 0.25) is 0 Å². The number of esters is 1. The second-order valence-corrected chi connectivity index (χ2v) is 5.03. The van der Waals surface area contributed by atoms with E-state index in [0.29, 0.717) is 13.0 Å². The minimum Gasteiger partial charge on any atom is -0.466 e. The number of rotatable bonds is 0. The number of cyclic esters (lactones) is 1. The predicted octanol–water partition coefficient (Wildman–Crippen LogP) is 4.39. The van der Waals surface area contributed by atoms with Gasteiger partial charge in [0.05, 0.1) is 6.61 Å². The van der Waals surface area contributed by atoms with Gasteiger partial charge in [-0.3, -0.25) is 4.79 Å². The van der Waals surface area contributed by atoms with Gasteiger partial charge >= 0.3 is 5.97 Å². The quantitative estimate of drug-likeness (QED) is 0.462. The number of carbonyl (C=O) groups is 1. The summed E-state index contributed by atoms with van der Waals surface area (Å²) in [5, 5.41) is 0. The van der Waals surface area contributed by atoms with Gasteiger partial charge in [0, 0.05) is 6.42 Å². The maximum atomic E-state index is 11.3. The SMILES string of the molecule is C/C1=C/CCCCCCC(=O)OCCCCC1. The van der Waals surface area contributed by atoms with Crippen molar-refractivity contribution in [2.75, 3.05) is 6.61 Å². The molecule has 1 heterocycles. The average Bonchev–Trinajstić information content (AvgIpc) is 2.32. The first-order valence-corrected chi connectivity index (χ1v) is 7.10. The molecule has 0 saturated carbocycles. The monoisotopic (exact) mass is 238 g/mol. The Balaban J connectivity index is 2.28. The van der Waals surface area contributed by atoms with Crippen molar-refractivity contribution in [1.82, 2.24) is 0 Å². The second kappa shape index (κ2) is 9.26. The zero-order chi connectivity index (χ0) is 12.3. The molecular formula is C15H26O2. The van der Waals surface area contributed by atoms with Crippen molar-refractivity contribution in [2.45, 2.75) is 71.1 Å². The molecule has 0 aromatic carbocycles. The van der Waals surface area contributed by atoms with Crippen LogP contribution in [0.25, 0.3) is 0 Å². The molecule has 0 unspecified atom stereocenters. The van der Waals surface area contributed by atoms with E-state index in [1.165, 1.54) is 44.1 Å². The van der Waals surface area contributed by atoms with Crippen LogP contribution in [0.15, 0.2) is 11.6 Å². The van der Waals surface area contributed by atoms with E-state index < -0.39 is 0 Å². The fraction of sp³-hybridized carbons (Fsp3) is 0.800. The lowest BCUT2D eigenvalue weighted by Crippen LogP contribution is -2.05. The first-order chi connectivity index (χ1) is 8.29. The van der Waals surface area contributed by atoms with Crippen molar-refractivity contribution in [3.05, 3.63) is 11.6 Å². The van der Waals surface area contributed by atoms with Crippen LogP contribution in [0.2, 0.25) is 0 Å². The van der Waals surface area contributed by atoms with E-state index in [4.69, 9.17) is 4.74 Å². The molecule has 2 heteroatoms. The van der Waals surface area contributed by atoms with E-state index in [-0.39, 0.29) is 5.97 Å². The third-order valence-corrected chi connectivity index (χ3v) is 3.31. The van der Waals surface area contributed by atoms with Crippen molar-refractivity contribution >= 4 is 5.97 Å². The third-order valence-electron chi connectivity index (χ3n) is 3.31. The molecule has 0 fully saturated rings. The lowest BCUT2D eigenvalue weighted by atomic mass is 10.1. The second-order valence-electron chi connectivity index (χ2n) is 5.03. The van der Waals surface area contributed by atoms with Crippen LogP contribution in [0.4, 0.5) is 0 Å². The number of hydrogen-bond donors (Lipinski definition) is 0. The molecule has 0 aromatic rings. The Morgan fingerprint density at radius 2 is 1.65 bits per heavy atom. The van der Waals surface area contributed by atoms with E-state index in [2.05, 4.69) is 13.0 Å². The predicted molar refractivity (Wildman–Crippen MR) is 70.9 cm³/mol. The fourth-order valence-corrected chi connectivity index (χ4v) is 2.16. The first kappa shape index (κ1) is 14.3. The van der Waals surface area contributed by atoms with Crippen molar-refractivity contribution in [3.63, 3.8) is 0 Å². The van der Waals surface area contributed by atoms with E-state index >= 15 is 0 Å². The topological polar surface area (TPSA) is 26.3 Å². The Hall–Kier alpha value is -0.790. The van der Waals surface area contributed by atoms with Crippen LogP contribution in [0.5, 0.6) is 0 Å². The van der Waals surface area contributed by atoms with Gasteiger partial charge in [0.15, 0.2) is 0 Å². The molecule has 0 saturated heterocycles. The van der Waals surface area contributed by atoms with E-state index in [1.807, 2.05) is 0 Å². The van der Waals surface area contributed by atoms with Gasteiger partial charge in [-0.05, 0) is 51.9 Å². The molecule has 1 aliphatic heterocycles. The summed E-state index contributed by atoms with van der Waals surface area (Å²) in [7, 11) is 0. The number of ether oxygens (including phenoxy) is 1. The smallest absolute Gasteiger partial charge is 0.305 e. The van der Waals surface area contributed by atoms with E-state index in [1.54, 1.807) is 0 Å². The van der Waals surface area contributed by atoms with E-state index in [9.17, 15) is 4.79 Å². The molecule has 98 valence electrons. The van der Waals surface area contributed by atoms with Crippen molar-refractivity contribution < 1.29 is 9.53 Å². The third kappa shape index (κ3) is 8.00. The van der Waals surface area contributed by atoms with Gasteiger partial charge in [-0.2, -0.15) is 0 Å². The van der Waals surface area contributed by atoms with Crippen LogP contribution in [0.3, 0.4) is 0 Å². The van der Waals surface area contributed by atoms with Crippen LogP contribution < -0.4 is 0 Å². The van der Waals surface area contributed by atoms with Crippen LogP contribution in [-0.2, 0) is 9.53 Å². The molecule has 2 nitrogen and oxygen atoms in total. The summed E-state index contributed by atoms with van der Waals surface area (Å²) >= 11 is 0. The maximum Gasteiger partial charge on any atom is 0.305 e. The molecule has 0 spiro atoms. The molecular weight excluding hydrogens is 212 g/mol. The van der Waals surface area contributed by atoms with Crippen molar-refractivity contribution in [3.8, 4) is 0 Å². The number of allylic oxidation sites excluding steroid dienone is 2. The molecule has 0 bridgehead atoms. The molecule has 0 aromatic heterocycles. The van der Waals surface area contributed by atoms with E-state index in [0.717, 1.165) is 19.3 Å². The highest BCUT2D eigenvalue weighted by atomic mass is 16.5. The Kier molecular flexibility index (Phi) is 7.78. The van der Waals surface area contributed by atoms with Gasteiger partial charge in [-0.25, -0.2) is 0 Å². The lowest BCUT2D eigenvalue weighted by molar-refractivity contribution is -0.143. The lowest BCUT2D eigenvalue weighted by Gasteiger charge is -2.04. The molecule has 0 atom stereocenters. The van der Waals surface area contributed by atoms with Gasteiger partial charge in [0.25, 0.3) is 0 Å². The van der Waals surface area contributed by atoms with Gasteiger partial charge in [-0.15, -0.1) is 0 Å². The van der Waals surface area contributed by atoms with Gasteiger partial charge < -0.3 is 4.74 Å². The summed E-state index contributed by atoms with van der Waals surface area (Å²) < 4.78 is 5.19. The average molecular weight is 238 g/mol. The van der Waals surface area contributed by atoms with Crippen LogP contribution in [0, 0.1) is 0 Å². The molecule has 1 aliphatic rings. The maximum absolute atomic E-state index is 11.3. The summed E-state index contributed by atoms with van der Waals surface area (Å²) in [6.07, 6.45) is 13.4. The Morgan fingerprint density at radius 1 is 0.941 bits per heavy atom. The Labute approximate surface area is 105 Å². The zero-order valence-electron chi connectivity index (χ0n) is 11.2. The highest BCUT2D eigenvalue weighted by molar-refractivity contribution is 5.69. The van der Waals surface area contributed by atoms with Crippen molar-refractivity contribution in [1.29, 1.82) is 0 Å². The van der Waals surface area contributed by atoms with Crippen LogP contribution in [0.1, 0.15) is 71.1 Å². The van der Waals surface area contributed by atoms with Crippen LogP contribution in [-0.4, -0.2) is 12.6 Å². The summed E-state index contributed by atoms with van der Waals surface area (Å²) in [5.41, 5.74) is 1.52. The summed E-state index contributed by atoms with van der Waals surface area (Å²) in [6.45, 7) is 2.85. The standard InChI is InChI=1S/C15H26O2/c1-14-10-6-3-2-4-8-12-15(16)17-13-9-5-7-11-14/h10H,2-9,11-13H2,1H3/b14-10-. The highest BCUT2D eigenvalue weighted by Crippen LogP contribution is 2.13. The van der Waals surface area contributed by atoms with Crippen LogP contribution >= 0.6 is 0 Å². The number of carbonyl (C=O) groups excluding carboxylic acids is 1.